The molecule has 3 nitrogen and oxygen atoms in total. The Morgan fingerprint density at radius 3 is 2.70 bits per heavy atom. The second-order valence-corrected chi connectivity index (χ2v) is 5.50. The predicted molar refractivity (Wildman–Crippen MR) is 72.5 cm³/mol. The summed E-state index contributed by atoms with van der Waals surface area (Å²) in [6.45, 7) is 1.58. The summed E-state index contributed by atoms with van der Waals surface area (Å²) < 4.78 is 27.1. The standard InChI is InChI=1S/C14H13F2NO2S/c1-14(13(18)19,17-8-9-4-3-7-20-9)10-5-2-6-11(15)12(10)16/h2-7,17H,8H2,1H3,(H,18,19). The van der Waals surface area contributed by atoms with E-state index in [0.29, 0.717) is 0 Å². The van der Waals surface area contributed by atoms with Gasteiger partial charge in [0, 0.05) is 17.0 Å². The van der Waals surface area contributed by atoms with Crippen LogP contribution in [0.15, 0.2) is 35.7 Å². The third-order valence-electron chi connectivity index (χ3n) is 3.11. The summed E-state index contributed by atoms with van der Waals surface area (Å²) in [5.74, 6) is -3.47. The number of rotatable bonds is 5. The highest BCUT2D eigenvalue weighted by Gasteiger charge is 2.38. The highest BCUT2D eigenvalue weighted by molar-refractivity contribution is 7.09. The van der Waals surface area contributed by atoms with Crippen LogP contribution < -0.4 is 5.32 Å². The van der Waals surface area contributed by atoms with Gasteiger partial charge in [0.1, 0.15) is 5.54 Å². The zero-order valence-electron chi connectivity index (χ0n) is 10.7. The number of nitrogens with one attached hydrogen (secondary N) is 1. The van der Waals surface area contributed by atoms with Crippen LogP contribution in [0, 0.1) is 11.6 Å². The predicted octanol–water partition coefficient (Wildman–Crippen LogP) is 3.12. The number of hydrogen-bond acceptors (Lipinski definition) is 3. The third kappa shape index (κ3) is 2.71. The maximum absolute atomic E-state index is 13.8. The average Bonchev–Trinajstić information content (AvgIpc) is 2.92. The molecule has 0 saturated carbocycles. The van der Waals surface area contributed by atoms with Gasteiger partial charge in [0.15, 0.2) is 11.6 Å². The minimum Gasteiger partial charge on any atom is -0.480 e. The zero-order valence-corrected chi connectivity index (χ0v) is 11.5. The van der Waals surface area contributed by atoms with Crippen LogP contribution in [0.4, 0.5) is 8.78 Å². The topological polar surface area (TPSA) is 49.3 Å². The molecule has 1 heterocycles. The molecule has 0 saturated heterocycles. The van der Waals surface area contributed by atoms with Gasteiger partial charge in [0.2, 0.25) is 0 Å². The normalized spacial score (nSPS) is 13.9. The summed E-state index contributed by atoms with van der Waals surface area (Å²) in [6.07, 6.45) is 0. The molecule has 1 atom stereocenters. The van der Waals surface area contributed by atoms with Gasteiger partial charge in [0.25, 0.3) is 0 Å². The lowest BCUT2D eigenvalue weighted by atomic mass is 9.91. The van der Waals surface area contributed by atoms with Gasteiger partial charge in [-0.2, -0.15) is 0 Å². The van der Waals surface area contributed by atoms with Crippen molar-refractivity contribution in [2.24, 2.45) is 0 Å². The summed E-state index contributed by atoms with van der Waals surface area (Å²) >= 11 is 1.45. The number of carbonyl (C=O) groups is 1. The molecule has 0 spiro atoms. The molecule has 0 aliphatic carbocycles. The minimum absolute atomic E-state index is 0.221. The monoisotopic (exact) mass is 297 g/mol. The molecule has 0 amide bonds. The van der Waals surface area contributed by atoms with Crippen molar-refractivity contribution in [3.8, 4) is 0 Å². The first-order valence-electron chi connectivity index (χ1n) is 5.90. The number of thiophene rings is 1. The SMILES string of the molecule is CC(NCc1cccs1)(C(=O)O)c1cccc(F)c1F. The van der Waals surface area contributed by atoms with E-state index in [4.69, 9.17) is 0 Å². The third-order valence-corrected chi connectivity index (χ3v) is 3.99. The van der Waals surface area contributed by atoms with Crippen molar-refractivity contribution in [3.05, 3.63) is 57.8 Å². The Kier molecular flexibility index (Phi) is 4.15. The van der Waals surface area contributed by atoms with Gasteiger partial charge in [-0.25, -0.2) is 13.6 Å². The van der Waals surface area contributed by atoms with E-state index in [-0.39, 0.29) is 12.1 Å². The maximum Gasteiger partial charge on any atom is 0.328 e. The van der Waals surface area contributed by atoms with Gasteiger partial charge in [-0.15, -0.1) is 11.3 Å². The van der Waals surface area contributed by atoms with Crippen LogP contribution in [-0.4, -0.2) is 11.1 Å². The Balaban J connectivity index is 2.33. The van der Waals surface area contributed by atoms with E-state index >= 15 is 0 Å². The molecule has 1 aromatic carbocycles. The molecule has 0 aliphatic heterocycles. The fourth-order valence-corrected chi connectivity index (χ4v) is 2.50. The maximum atomic E-state index is 13.8. The fraction of sp³-hybridized carbons (Fsp3) is 0.214. The van der Waals surface area contributed by atoms with Crippen molar-refractivity contribution >= 4 is 17.3 Å². The van der Waals surface area contributed by atoms with Gasteiger partial charge in [-0.3, -0.25) is 5.32 Å². The number of carboxylic acid groups (broad SMARTS) is 1. The van der Waals surface area contributed by atoms with Crippen molar-refractivity contribution < 1.29 is 18.7 Å². The molecule has 0 radical (unpaired) electrons. The van der Waals surface area contributed by atoms with E-state index in [1.807, 2.05) is 17.5 Å². The van der Waals surface area contributed by atoms with Crippen LogP contribution in [0.1, 0.15) is 17.4 Å². The van der Waals surface area contributed by atoms with E-state index in [1.165, 1.54) is 30.4 Å². The van der Waals surface area contributed by atoms with E-state index in [0.717, 1.165) is 10.9 Å². The van der Waals surface area contributed by atoms with Crippen molar-refractivity contribution in [1.29, 1.82) is 0 Å². The molecule has 0 aliphatic rings. The number of carboxylic acids is 1. The van der Waals surface area contributed by atoms with Crippen molar-refractivity contribution in [3.63, 3.8) is 0 Å². The van der Waals surface area contributed by atoms with E-state index in [1.54, 1.807) is 0 Å². The van der Waals surface area contributed by atoms with Gasteiger partial charge in [0.05, 0.1) is 0 Å². The van der Waals surface area contributed by atoms with E-state index in [2.05, 4.69) is 5.32 Å². The van der Waals surface area contributed by atoms with Crippen molar-refractivity contribution in [2.75, 3.05) is 0 Å². The molecule has 2 N–H and O–H groups in total. The highest BCUT2D eigenvalue weighted by atomic mass is 32.1. The lowest BCUT2D eigenvalue weighted by molar-refractivity contribution is -0.144. The van der Waals surface area contributed by atoms with Crippen LogP contribution in [-0.2, 0) is 16.9 Å². The highest BCUT2D eigenvalue weighted by Crippen LogP contribution is 2.26. The Labute approximate surface area is 118 Å². The molecule has 2 rings (SSSR count). The number of aliphatic carboxylic acids is 1. The average molecular weight is 297 g/mol. The smallest absolute Gasteiger partial charge is 0.328 e. The van der Waals surface area contributed by atoms with Crippen LogP contribution in [0.25, 0.3) is 0 Å². The van der Waals surface area contributed by atoms with Crippen molar-refractivity contribution in [2.45, 2.75) is 19.0 Å². The molecule has 20 heavy (non-hydrogen) atoms. The Morgan fingerprint density at radius 1 is 1.35 bits per heavy atom. The summed E-state index contributed by atoms with van der Waals surface area (Å²) in [5, 5.41) is 14.0. The van der Waals surface area contributed by atoms with Gasteiger partial charge in [-0.1, -0.05) is 18.2 Å². The Morgan fingerprint density at radius 2 is 2.10 bits per heavy atom. The van der Waals surface area contributed by atoms with Crippen LogP contribution in [0.3, 0.4) is 0 Å². The lowest BCUT2D eigenvalue weighted by Gasteiger charge is -2.27. The van der Waals surface area contributed by atoms with E-state index in [9.17, 15) is 18.7 Å². The lowest BCUT2D eigenvalue weighted by Crippen LogP contribution is -2.46. The molecular formula is C14H13F2NO2S. The van der Waals surface area contributed by atoms with Gasteiger partial charge in [-0.05, 0) is 24.4 Å². The summed E-state index contributed by atoms with van der Waals surface area (Å²) in [4.78, 5) is 12.4. The van der Waals surface area contributed by atoms with E-state index < -0.39 is 23.1 Å². The largest absolute Gasteiger partial charge is 0.480 e. The summed E-state index contributed by atoms with van der Waals surface area (Å²) in [5.41, 5.74) is -1.92. The number of benzene rings is 1. The molecular weight excluding hydrogens is 284 g/mol. The molecule has 2 aromatic rings. The molecule has 1 unspecified atom stereocenters. The fourth-order valence-electron chi connectivity index (χ4n) is 1.85. The second kappa shape index (κ2) is 5.68. The minimum atomic E-state index is -1.70. The van der Waals surface area contributed by atoms with Gasteiger partial charge < -0.3 is 5.11 Å². The first kappa shape index (κ1) is 14.6. The summed E-state index contributed by atoms with van der Waals surface area (Å²) in [6, 6.07) is 7.19. The summed E-state index contributed by atoms with van der Waals surface area (Å²) in [7, 11) is 0. The molecule has 0 bridgehead atoms. The van der Waals surface area contributed by atoms with Crippen LogP contribution >= 0.6 is 11.3 Å². The van der Waals surface area contributed by atoms with Gasteiger partial charge >= 0.3 is 5.97 Å². The zero-order chi connectivity index (χ0) is 14.8. The molecule has 1 aromatic heterocycles. The first-order valence-corrected chi connectivity index (χ1v) is 6.78. The van der Waals surface area contributed by atoms with Crippen LogP contribution in [0.2, 0.25) is 0 Å². The first-order chi connectivity index (χ1) is 9.45. The number of halogens is 2. The quantitative estimate of drug-likeness (QED) is 0.891. The molecule has 106 valence electrons. The Bertz CT molecular complexity index is 616. The Hall–Kier alpha value is -1.79. The molecule has 0 fully saturated rings. The van der Waals surface area contributed by atoms with Crippen LogP contribution in [0.5, 0.6) is 0 Å². The molecule has 6 heteroatoms. The number of hydrogen-bond donors (Lipinski definition) is 2. The van der Waals surface area contributed by atoms with Crippen molar-refractivity contribution in [1.82, 2.24) is 5.32 Å². The second-order valence-electron chi connectivity index (χ2n) is 4.46.